The van der Waals surface area contributed by atoms with Crippen LogP contribution in [0.1, 0.15) is 37.8 Å². The fraction of sp³-hybridized carbons (Fsp3) is 0.571. The van der Waals surface area contributed by atoms with Gasteiger partial charge in [0, 0.05) is 13.1 Å². The number of nitrogens with one attached hydrogen (secondary N) is 1. The summed E-state index contributed by atoms with van der Waals surface area (Å²) in [6.45, 7) is 1.45. The molecular formula is C14H21N5. The molecule has 0 radical (unpaired) electrons. The van der Waals surface area contributed by atoms with Crippen LogP contribution < -0.4 is 11.1 Å². The second kappa shape index (κ2) is 5.57. The number of imidazole rings is 1. The zero-order chi connectivity index (χ0) is 13.1. The molecule has 1 aliphatic rings. The average molecular weight is 259 g/mol. The molecule has 5 nitrogen and oxygen atoms in total. The van der Waals surface area contributed by atoms with Gasteiger partial charge in [0.05, 0.1) is 11.9 Å². The zero-order valence-corrected chi connectivity index (χ0v) is 11.2. The maximum Gasteiger partial charge on any atom is 0.153 e. The molecule has 3 N–H and O–H groups in total. The lowest BCUT2D eigenvalue weighted by Crippen LogP contribution is -2.08. The second-order valence-electron chi connectivity index (χ2n) is 5.32. The van der Waals surface area contributed by atoms with Crippen LogP contribution >= 0.6 is 0 Å². The minimum Gasteiger partial charge on any atom is -0.369 e. The van der Waals surface area contributed by atoms with Crippen molar-refractivity contribution in [3.63, 3.8) is 0 Å². The third kappa shape index (κ3) is 2.87. The predicted molar refractivity (Wildman–Crippen MR) is 75.9 cm³/mol. The number of hydrogen-bond donors (Lipinski definition) is 2. The zero-order valence-electron chi connectivity index (χ0n) is 11.2. The van der Waals surface area contributed by atoms with E-state index in [1.165, 1.54) is 32.1 Å². The molecule has 0 aromatic carbocycles. The van der Waals surface area contributed by atoms with Crippen molar-refractivity contribution in [2.24, 2.45) is 11.7 Å². The number of hydrogen-bond acceptors (Lipinski definition) is 4. The maximum atomic E-state index is 5.58. The molecule has 0 spiro atoms. The van der Waals surface area contributed by atoms with Crippen LogP contribution in [0, 0.1) is 5.92 Å². The van der Waals surface area contributed by atoms with E-state index in [4.69, 9.17) is 5.73 Å². The highest BCUT2D eigenvalue weighted by atomic mass is 15.3. The van der Waals surface area contributed by atoms with Gasteiger partial charge in [0.25, 0.3) is 0 Å². The van der Waals surface area contributed by atoms with E-state index in [2.05, 4.69) is 15.4 Å². The minimum atomic E-state index is 0.452. The summed E-state index contributed by atoms with van der Waals surface area (Å²) in [5.74, 6) is 1.82. The molecule has 5 heteroatoms. The summed E-state index contributed by atoms with van der Waals surface area (Å²) in [4.78, 5) is 4.36. The van der Waals surface area contributed by atoms with Crippen molar-refractivity contribution in [2.75, 3.05) is 11.9 Å². The first kappa shape index (κ1) is 12.4. The van der Waals surface area contributed by atoms with Gasteiger partial charge in [-0.1, -0.05) is 25.7 Å². The Morgan fingerprint density at radius 2 is 2.16 bits per heavy atom. The van der Waals surface area contributed by atoms with Gasteiger partial charge >= 0.3 is 0 Å². The first-order valence-electron chi connectivity index (χ1n) is 7.14. The van der Waals surface area contributed by atoms with Gasteiger partial charge in [-0.15, -0.1) is 5.10 Å². The Bertz CT molecular complexity index is 542. The Hall–Kier alpha value is -1.62. The molecule has 2 aromatic heterocycles. The topological polar surface area (TPSA) is 68.2 Å². The van der Waals surface area contributed by atoms with Crippen molar-refractivity contribution in [3.8, 4) is 0 Å². The summed E-state index contributed by atoms with van der Waals surface area (Å²) < 4.78 is 1.79. The lowest BCUT2D eigenvalue weighted by molar-refractivity contribution is 0.518. The van der Waals surface area contributed by atoms with Crippen LogP contribution in [0.5, 0.6) is 0 Å². The van der Waals surface area contributed by atoms with Crippen molar-refractivity contribution in [2.45, 2.75) is 38.6 Å². The molecule has 1 aliphatic carbocycles. The quantitative estimate of drug-likeness (QED) is 0.863. The fourth-order valence-corrected chi connectivity index (χ4v) is 2.83. The normalized spacial score (nSPS) is 16.3. The number of fused-ring (bicyclic) bond motifs is 1. The number of rotatable bonds is 5. The summed E-state index contributed by atoms with van der Waals surface area (Å²) in [6.07, 6.45) is 8.75. The standard InChI is InChI=1S/C14H21N5/c15-9-12-10-19-14(17-12)6-5-13(18-19)16-8-7-11-3-1-2-4-11/h5-6,10-11H,1-4,7-9,15H2,(H,16,18). The SMILES string of the molecule is NCc1cn2nc(NCCC3CCCC3)ccc2n1. The Morgan fingerprint density at radius 3 is 2.95 bits per heavy atom. The van der Waals surface area contributed by atoms with Gasteiger partial charge in [-0.05, 0) is 24.5 Å². The molecule has 0 bridgehead atoms. The minimum absolute atomic E-state index is 0.452. The summed E-state index contributed by atoms with van der Waals surface area (Å²) >= 11 is 0. The van der Waals surface area contributed by atoms with Crippen LogP contribution in [0.2, 0.25) is 0 Å². The summed E-state index contributed by atoms with van der Waals surface area (Å²) in [5.41, 5.74) is 7.30. The Kier molecular flexibility index (Phi) is 3.64. The molecule has 1 fully saturated rings. The number of anilines is 1. The average Bonchev–Trinajstić information content (AvgIpc) is 3.06. The van der Waals surface area contributed by atoms with E-state index in [1.54, 1.807) is 4.52 Å². The monoisotopic (exact) mass is 259 g/mol. The molecule has 1 saturated carbocycles. The van der Waals surface area contributed by atoms with E-state index in [9.17, 15) is 0 Å². The van der Waals surface area contributed by atoms with Gasteiger partial charge in [0.15, 0.2) is 5.65 Å². The molecule has 2 aromatic rings. The molecule has 102 valence electrons. The van der Waals surface area contributed by atoms with Gasteiger partial charge in [0.2, 0.25) is 0 Å². The highest BCUT2D eigenvalue weighted by Crippen LogP contribution is 2.27. The predicted octanol–water partition coefficient (Wildman–Crippen LogP) is 2.18. The fourth-order valence-electron chi connectivity index (χ4n) is 2.83. The summed E-state index contributed by atoms with van der Waals surface area (Å²) in [5, 5.41) is 7.90. The Morgan fingerprint density at radius 1 is 1.32 bits per heavy atom. The third-order valence-electron chi connectivity index (χ3n) is 3.91. The second-order valence-corrected chi connectivity index (χ2v) is 5.32. The van der Waals surface area contributed by atoms with E-state index >= 15 is 0 Å². The molecule has 0 atom stereocenters. The van der Waals surface area contributed by atoms with Crippen molar-refractivity contribution >= 4 is 11.5 Å². The Balaban J connectivity index is 1.60. The molecule has 0 aliphatic heterocycles. The molecule has 0 saturated heterocycles. The molecule has 0 amide bonds. The van der Waals surface area contributed by atoms with E-state index < -0.39 is 0 Å². The van der Waals surface area contributed by atoms with E-state index in [0.717, 1.165) is 29.6 Å². The Labute approximate surface area is 113 Å². The van der Waals surface area contributed by atoms with Gasteiger partial charge in [-0.2, -0.15) is 0 Å². The van der Waals surface area contributed by atoms with Crippen LogP contribution in [0.15, 0.2) is 18.3 Å². The highest BCUT2D eigenvalue weighted by molar-refractivity contribution is 5.45. The molecule has 0 unspecified atom stereocenters. The number of aromatic nitrogens is 3. The lowest BCUT2D eigenvalue weighted by atomic mass is 10.0. The van der Waals surface area contributed by atoms with Crippen molar-refractivity contribution < 1.29 is 0 Å². The van der Waals surface area contributed by atoms with Crippen molar-refractivity contribution in [1.82, 2.24) is 14.6 Å². The first-order chi connectivity index (χ1) is 9.35. The third-order valence-corrected chi connectivity index (χ3v) is 3.91. The molecule has 3 rings (SSSR count). The lowest BCUT2D eigenvalue weighted by Gasteiger charge is -2.10. The van der Waals surface area contributed by atoms with E-state index in [-0.39, 0.29) is 0 Å². The van der Waals surface area contributed by atoms with Gasteiger partial charge in [-0.3, -0.25) is 0 Å². The largest absolute Gasteiger partial charge is 0.369 e. The van der Waals surface area contributed by atoms with E-state index in [1.807, 2.05) is 18.3 Å². The number of nitrogens with zero attached hydrogens (tertiary/aromatic N) is 3. The van der Waals surface area contributed by atoms with Gasteiger partial charge in [-0.25, -0.2) is 9.50 Å². The van der Waals surface area contributed by atoms with Crippen LogP contribution in [-0.4, -0.2) is 21.1 Å². The van der Waals surface area contributed by atoms with Crippen LogP contribution in [0.25, 0.3) is 5.65 Å². The molecule has 2 heterocycles. The highest BCUT2D eigenvalue weighted by Gasteiger charge is 2.14. The van der Waals surface area contributed by atoms with Gasteiger partial charge < -0.3 is 11.1 Å². The molecular weight excluding hydrogens is 238 g/mol. The first-order valence-corrected chi connectivity index (χ1v) is 7.14. The summed E-state index contributed by atoms with van der Waals surface area (Å²) in [7, 11) is 0. The smallest absolute Gasteiger partial charge is 0.153 e. The van der Waals surface area contributed by atoms with Crippen molar-refractivity contribution in [3.05, 3.63) is 24.0 Å². The van der Waals surface area contributed by atoms with E-state index in [0.29, 0.717) is 6.54 Å². The summed E-state index contributed by atoms with van der Waals surface area (Å²) in [6, 6.07) is 3.96. The van der Waals surface area contributed by atoms with Crippen molar-refractivity contribution in [1.29, 1.82) is 0 Å². The van der Waals surface area contributed by atoms with Crippen LogP contribution in [0.4, 0.5) is 5.82 Å². The number of nitrogens with two attached hydrogens (primary N) is 1. The molecule has 19 heavy (non-hydrogen) atoms. The van der Waals surface area contributed by atoms with Crippen LogP contribution in [-0.2, 0) is 6.54 Å². The maximum absolute atomic E-state index is 5.58. The van der Waals surface area contributed by atoms with Crippen LogP contribution in [0.3, 0.4) is 0 Å². The van der Waals surface area contributed by atoms with Gasteiger partial charge in [0.1, 0.15) is 5.82 Å².